The predicted octanol–water partition coefficient (Wildman–Crippen LogP) is 5.08. The van der Waals surface area contributed by atoms with Gasteiger partial charge in [-0.1, -0.05) is 5.16 Å². The van der Waals surface area contributed by atoms with Crippen LogP contribution in [0, 0.1) is 20.8 Å². The van der Waals surface area contributed by atoms with Crippen LogP contribution in [0.4, 0.5) is 11.6 Å². The Morgan fingerprint density at radius 3 is 2.65 bits per heavy atom. The molecule has 0 spiro atoms. The number of likely N-dealkylation sites (N-methyl/N-ethyl adjacent to an activating group) is 1. The summed E-state index contributed by atoms with van der Waals surface area (Å²) in [6.07, 6.45) is 2.41. The molecule has 4 heterocycles. The first-order valence-corrected chi connectivity index (χ1v) is 12.6. The second kappa shape index (κ2) is 8.88. The zero-order valence-corrected chi connectivity index (χ0v) is 22.1. The molecule has 2 N–H and O–H groups in total. The molecule has 1 fully saturated rings. The van der Waals surface area contributed by atoms with Gasteiger partial charge in [-0.05, 0) is 59.8 Å². The third kappa shape index (κ3) is 4.21. The van der Waals surface area contributed by atoms with Crippen molar-refractivity contribution in [1.82, 2.24) is 34.8 Å². The fraction of sp³-hybridized carbons (Fsp3) is 0.407. The van der Waals surface area contributed by atoms with E-state index in [4.69, 9.17) is 24.3 Å². The van der Waals surface area contributed by atoms with Crippen LogP contribution in [0.5, 0.6) is 5.75 Å². The predicted molar refractivity (Wildman–Crippen MR) is 144 cm³/mol. The molecule has 1 aromatic carbocycles. The summed E-state index contributed by atoms with van der Waals surface area (Å²) in [5, 5.41) is 14.5. The number of benzene rings is 1. The van der Waals surface area contributed by atoms with Crippen molar-refractivity contribution in [3.05, 3.63) is 41.2 Å². The van der Waals surface area contributed by atoms with E-state index in [9.17, 15) is 0 Å². The molecule has 1 aliphatic carbocycles. The van der Waals surface area contributed by atoms with Crippen molar-refractivity contribution < 1.29 is 9.26 Å². The topological polar surface area (TPSA) is 110 Å². The van der Waals surface area contributed by atoms with E-state index < -0.39 is 0 Å². The van der Waals surface area contributed by atoms with Gasteiger partial charge in [0.2, 0.25) is 0 Å². The van der Waals surface area contributed by atoms with E-state index in [0.717, 1.165) is 80.7 Å². The van der Waals surface area contributed by atoms with Gasteiger partial charge in [0.15, 0.2) is 0 Å². The molecule has 10 nitrogen and oxygen atoms in total. The molecule has 0 saturated heterocycles. The van der Waals surface area contributed by atoms with Gasteiger partial charge in [0.05, 0.1) is 36.0 Å². The Morgan fingerprint density at radius 1 is 1.16 bits per heavy atom. The van der Waals surface area contributed by atoms with Gasteiger partial charge >= 0.3 is 0 Å². The van der Waals surface area contributed by atoms with Crippen molar-refractivity contribution in [1.29, 1.82) is 0 Å². The standard InChI is InChI=1S/C27H32N8O2/c1-14-24(15(2)37-33-14)19-11-21-18(12-22(19)36-6)25-26(30-21)28-16(3)29-27(25)31-23-13-20(17-7-8-17)32-35(23)10-9-34(4)5/h11-13,17H,7-10H2,1-6H3,(H2,28,29,30,31). The maximum Gasteiger partial charge on any atom is 0.145 e. The second-order valence-electron chi connectivity index (χ2n) is 10.1. The Kier molecular flexibility index (Phi) is 5.63. The minimum absolute atomic E-state index is 0.563. The fourth-order valence-corrected chi connectivity index (χ4v) is 4.96. The normalized spacial score (nSPS) is 13.8. The Hall–Kier alpha value is -3.92. The van der Waals surface area contributed by atoms with Gasteiger partial charge in [0, 0.05) is 35.0 Å². The van der Waals surface area contributed by atoms with Crippen LogP contribution >= 0.6 is 0 Å². The average molecular weight is 501 g/mol. The highest BCUT2D eigenvalue weighted by Gasteiger charge is 2.28. The number of anilines is 2. The molecule has 5 aromatic rings. The van der Waals surface area contributed by atoms with Crippen LogP contribution in [0.1, 0.15) is 41.7 Å². The molecule has 4 aromatic heterocycles. The Morgan fingerprint density at radius 2 is 1.97 bits per heavy atom. The summed E-state index contributed by atoms with van der Waals surface area (Å²) >= 11 is 0. The highest BCUT2D eigenvalue weighted by atomic mass is 16.5. The SMILES string of the molecule is COc1cc2c(cc1-c1c(C)noc1C)[nH]c1nc(C)nc(Nc3cc(C4CC4)nn3CCN(C)C)c12. The first-order chi connectivity index (χ1) is 17.8. The Labute approximate surface area is 215 Å². The summed E-state index contributed by atoms with van der Waals surface area (Å²) in [4.78, 5) is 15.2. The summed E-state index contributed by atoms with van der Waals surface area (Å²) < 4.78 is 13.3. The van der Waals surface area contributed by atoms with Gasteiger partial charge in [-0.15, -0.1) is 0 Å². The number of aryl methyl sites for hydroxylation is 3. The summed E-state index contributed by atoms with van der Waals surface area (Å²) in [5.74, 6) is 4.42. The van der Waals surface area contributed by atoms with Gasteiger partial charge < -0.3 is 24.5 Å². The number of hydrogen-bond donors (Lipinski definition) is 2. The first kappa shape index (κ1) is 23.5. The van der Waals surface area contributed by atoms with Crippen LogP contribution in [0.3, 0.4) is 0 Å². The molecule has 0 radical (unpaired) electrons. The minimum Gasteiger partial charge on any atom is -0.496 e. The number of nitrogens with zero attached hydrogens (tertiary/aromatic N) is 6. The zero-order chi connectivity index (χ0) is 25.8. The molecule has 0 atom stereocenters. The molecular formula is C27H32N8O2. The van der Waals surface area contributed by atoms with E-state index in [1.165, 1.54) is 12.8 Å². The molecule has 0 unspecified atom stereocenters. The van der Waals surface area contributed by atoms with Crippen LogP contribution < -0.4 is 10.1 Å². The molecule has 0 bridgehead atoms. The van der Waals surface area contributed by atoms with Gasteiger partial charge in [-0.3, -0.25) is 0 Å². The third-order valence-electron chi connectivity index (χ3n) is 6.99. The van der Waals surface area contributed by atoms with Crippen LogP contribution in [0.15, 0.2) is 22.7 Å². The summed E-state index contributed by atoms with van der Waals surface area (Å²) in [6.45, 7) is 7.44. The minimum atomic E-state index is 0.563. The zero-order valence-electron chi connectivity index (χ0n) is 22.1. The lowest BCUT2D eigenvalue weighted by Crippen LogP contribution is -2.20. The summed E-state index contributed by atoms with van der Waals surface area (Å²) in [7, 11) is 5.83. The quantitative estimate of drug-likeness (QED) is 0.304. The van der Waals surface area contributed by atoms with E-state index >= 15 is 0 Å². The van der Waals surface area contributed by atoms with Gasteiger partial charge in [0.1, 0.15) is 34.6 Å². The smallest absolute Gasteiger partial charge is 0.145 e. The number of methoxy groups -OCH3 is 1. The molecule has 0 amide bonds. The molecular weight excluding hydrogens is 468 g/mol. The molecule has 37 heavy (non-hydrogen) atoms. The number of nitrogens with one attached hydrogen (secondary N) is 2. The lowest BCUT2D eigenvalue weighted by atomic mass is 10.0. The molecule has 192 valence electrons. The summed E-state index contributed by atoms with van der Waals surface area (Å²) in [5.41, 5.74) is 5.54. The molecule has 1 saturated carbocycles. The lowest BCUT2D eigenvalue weighted by molar-refractivity contribution is 0.374. The van der Waals surface area contributed by atoms with Crippen LogP contribution in [-0.2, 0) is 6.54 Å². The molecule has 10 heteroatoms. The van der Waals surface area contributed by atoms with E-state index in [2.05, 4.69) is 51.3 Å². The fourth-order valence-electron chi connectivity index (χ4n) is 4.96. The van der Waals surface area contributed by atoms with Gasteiger partial charge in [-0.2, -0.15) is 5.10 Å². The van der Waals surface area contributed by atoms with Crippen molar-refractivity contribution in [2.75, 3.05) is 33.1 Å². The van der Waals surface area contributed by atoms with Crippen molar-refractivity contribution in [3.63, 3.8) is 0 Å². The molecule has 6 rings (SSSR count). The monoisotopic (exact) mass is 500 g/mol. The number of rotatable bonds is 8. The maximum atomic E-state index is 5.83. The first-order valence-electron chi connectivity index (χ1n) is 12.6. The van der Waals surface area contributed by atoms with E-state index in [1.54, 1.807) is 7.11 Å². The van der Waals surface area contributed by atoms with Crippen LogP contribution in [0.2, 0.25) is 0 Å². The number of aromatic nitrogens is 6. The Balaban J connectivity index is 1.49. The van der Waals surface area contributed by atoms with Crippen LogP contribution in [-0.4, -0.2) is 62.5 Å². The molecule has 0 aliphatic heterocycles. The number of H-pyrrole nitrogens is 1. The number of hydrogen-bond acceptors (Lipinski definition) is 8. The molecule has 1 aliphatic rings. The van der Waals surface area contributed by atoms with Gasteiger partial charge in [0.25, 0.3) is 0 Å². The highest BCUT2D eigenvalue weighted by Crippen LogP contribution is 2.42. The maximum absolute atomic E-state index is 5.83. The lowest BCUT2D eigenvalue weighted by Gasteiger charge is -2.13. The van der Waals surface area contributed by atoms with E-state index in [-0.39, 0.29) is 0 Å². The number of fused-ring (bicyclic) bond motifs is 3. The Bertz CT molecular complexity index is 1600. The van der Waals surface area contributed by atoms with Crippen molar-refractivity contribution in [2.24, 2.45) is 0 Å². The van der Waals surface area contributed by atoms with Crippen LogP contribution in [0.25, 0.3) is 33.1 Å². The van der Waals surface area contributed by atoms with Crippen molar-refractivity contribution in [3.8, 4) is 16.9 Å². The van der Waals surface area contributed by atoms with Crippen molar-refractivity contribution in [2.45, 2.75) is 46.1 Å². The largest absolute Gasteiger partial charge is 0.496 e. The second-order valence-corrected chi connectivity index (χ2v) is 10.1. The van der Waals surface area contributed by atoms with Gasteiger partial charge in [-0.25, -0.2) is 14.6 Å². The third-order valence-corrected chi connectivity index (χ3v) is 6.99. The van der Waals surface area contributed by atoms with E-state index in [0.29, 0.717) is 11.7 Å². The number of ether oxygens (including phenoxy) is 1. The average Bonchev–Trinajstić information content (AvgIpc) is 3.42. The number of aromatic amines is 1. The highest BCUT2D eigenvalue weighted by molar-refractivity contribution is 6.13. The summed E-state index contributed by atoms with van der Waals surface area (Å²) in [6, 6.07) is 6.29. The van der Waals surface area contributed by atoms with E-state index in [1.807, 2.05) is 26.8 Å². The van der Waals surface area contributed by atoms with Crippen molar-refractivity contribution >= 4 is 33.6 Å².